The van der Waals surface area contributed by atoms with Crippen LogP contribution < -0.4 is 0 Å². The lowest BCUT2D eigenvalue weighted by molar-refractivity contribution is -0.138. The second-order valence-corrected chi connectivity index (χ2v) is 1.79. The van der Waals surface area contributed by atoms with Gasteiger partial charge in [-0.3, -0.25) is 9.59 Å². The number of esters is 2. The average Bonchev–Trinajstić information content (AvgIpc) is 1.80. The van der Waals surface area contributed by atoms with E-state index in [0.717, 1.165) is 13.8 Å². The van der Waals surface area contributed by atoms with Gasteiger partial charge in [-0.25, -0.2) is 9.59 Å². The Hall–Kier alpha value is -1.92. The summed E-state index contributed by atoms with van der Waals surface area (Å²) in [6.07, 6.45) is -3.09. The minimum atomic E-state index is -1.54. The van der Waals surface area contributed by atoms with Crippen molar-refractivity contribution in [1.82, 2.24) is 0 Å². The molecule has 72 valence electrons. The van der Waals surface area contributed by atoms with Gasteiger partial charge in [-0.05, 0) is 0 Å². The summed E-state index contributed by atoms with van der Waals surface area (Å²) < 4.78 is 11.3. The smallest absolute Gasteiger partial charge is 0.360 e. The Labute approximate surface area is 72.6 Å². The van der Waals surface area contributed by atoms with Crippen molar-refractivity contribution in [2.75, 3.05) is 0 Å². The molecule has 0 rings (SSSR count). The Morgan fingerprint density at radius 1 is 0.692 bits per heavy atom. The maximum absolute atomic E-state index is 10.4. The monoisotopic (exact) mass is 190 g/mol. The first kappa shape index (κ1) is 11.1. The Morgan fingerprint density at radius 2 is 1.00 bits per heavy atom. The fourth-order valence-electron chi connectivity index (χ4n) is 0.344. The van der Waals surface area contributed by atoms with E-state index in [0.29, 0.717) is 0 Å². The molecular formula is C6H6O7. The van der Waals surface area contributed by atoms with Gasteiger partial charge in [0.1, 0.15) is 0 Å². The highest BCUT2D eigenvalue weighted by molar-refractivity contribution is 5.88. The van der Waals surface area contributed by atoms with Gasteiger partial charge in [-0.15, -0.1) is 0 Å². The van der Waals surface area contributed by atoms with E-state index in [-0.39, 0.29) is 0 Å². The maximum Gasteiger partial charge on any atom is 0.526 e. The minimum Gasteiger partial charge on any atom is -0.360 e. The first-order valence-corrected chi connectivity index (χ1v) is 3.04. The summed E-state index contributed by atoms with van der Waals surface area (Å²) in [6, 6.07) is 0. The topological polar surface area (TPSA) is 96.0 Å². The SMILES string of the molecule is CC(=O)OC(=O)OC(=O)OC(C)=O. The van der Waals surface area contributed by atoms with E-state index in [9.17, 15) is 19.2 Å². The van der Waals surface area contributed by atoms with Crippen LogP contribution in [0.25, 0.3) is 0 Å². The van der Waals surface area contributed by atoms with Crippen LogP contribution in [-0.2, 0) is 23.8 Å². The third kappa shape index (κ3) is 6.48. The fourth-order valence-corrected chi connectivity index (χ4v) is 0.344. The van der Waals surface area contributed by atoms with Crippen molar-refractivity contribution >= 4 is 24.2 Å². The van der Waals surface area contributed by atoms with Gasteiger partial charge < -0.3 is 14.2 Å². The standard InChI is InChI=1S/C6H6O7/c1-3(7)11-5(9)13-6(10)12-4(2)8/h1-2H3. The second-order valence-electron chi connectivity index (χ2n) is 1.79. The lowest BCUT2D eigenvalue weighted by Gasteiger charge is -1.99. The first-order valence-electron chi connectivity index (χ1n) is 3.04. The molecule has 13 heavy (non-hydrogen) atoms. The van der Waals surface area contributed by atoms with Crippen molar-refractivity contribution < 1.29 is 33.4 Å². The molecule has 0 atom stereocenters. The van der Waals surface area contributed by atoms with E-state index >= 15 is 0 Å². The second kappa shape index (κ2) is 4.86. The predicted octanol–water partition coefficient (Wildman–Crippen LogP) is 0.369. The summed E-state index contributed by atoms with van der Waals surface area (Å²) >= 11 is 0. The molecule has 0 spiro atoms. The van der Waals surface area contributed by atoms with E-state index in [1.54, 1.807) is 0 Å². The van der Waals surface area contributed by atoms with Gasteiger partial charge in [0.05, 0.1) is 0 Å². The largest absolute Gasteiger partial charge is 0.526 e. The number of ether oxygens (including phenoxy) is 3. The molecule has 0 unspecified atom stereocenters. The van der Waals surface area contributed by atoms with Crippen LogP contribution in [0.2, 0.25) is 0 Å². The third-order valence-electron chi connectivity index (χ3n) is 0.621. The third-order valence-corrected chi connectivity index (χ3v) is 0.621. The van der Waals surface area contributed by atoms with Crippen molar-refractivity contribution in [1.29, 1.82) is 0 Å². The Bertz CT molecular complexity index is 228. The van der Waals surface area contributed by atoms with Gasteiger partial charge >= 0.3 is 24.2 Å². The molecule has 0 aliphatic heterocycles. The lowest BCUT2D eigenvalue weighted by Crippen LogP contribution is -2.18. The van der Waals surface area contributed by atoms with Crippen LogP contribution in [0, 0.1) is 0 Å². The van der Waals surface area contributed by atoms with E-state index in [1.807, 2.05) is 0 Å². The summed E-state index contributed by atoms with van der Waals surface area (Å²) in [5.41, 5.74) is 0. The van der Waals surface area contributed by atoms with E-state index < -0.39 is 24.2 Å². The van der Waals surface area contributed by atoms with Crippen LogP contribution in [0.15, 0.2) is 0 Å². The van der Waals surface area contributed by atoms with Crippen molar-refractivity contribution in [3.63, 3.8) is 0 Å². The number of hydrogen-bond acceptors (Lipinski definition) is 7. The number of carbonyl (C=O) groups is 4. The molecule has 0 aromatic carbocycles. The summed E-state index contributed by atoms with van der Waals surface area (Å²) in [7, 11) is 0. The fraction of sp³-hybridized carbons (Fsp3) is 0.333. The molecule has 0 aliphatic carbocycles. The average molecular weight is 190 g/mol. The minimum absolute atomic E-state index is 0.942. The van der Waals surface area contributed by atoms with Gasteiger partial charge in [0.2, 0.25) is 0 Å². The van der Waals surface area contributed by atoms with E-state index in [2.05, 4.69) is 14.2 Å². The molecule has 0 aliphatic rings. The predicted molar refractivity (Wildman–Crippen MR) is 35.4 cm³/mol. The molecule has 0 saturated heterocycles. The molecule has 0 amide bonds. The molecule has 0 fully saturated rings. The van der Waals surface area contributed by atoms with Crippen LogP contribution in [0.4, 0.5) is 9.59 Å². The van der Waals surface area contributed by atoms with Crippen molar-refractivity contribution in [2.24, 2.45) is 0 Å². The Kier molecular flexibility index (Phi) is 4.14. The van der Waals surface area contributed by atoms with Gasteiger partial charge in [0.25, 0.3) is 0 Å². The maximum atomic E-state index is 10.4. The molecule has 0 heterocycles. The summed E-state index contributed by atoms with van der Waals surface area (Å²) in [4.78, 5) is 41.0. The Balaban J connectivity index is 3.85. The van der Waals surface area contributed by atoms with Crippen molar-refractivity contribution in [2.45, 2.75) is 13.8 Å². The Morgan fingerprint density at radius 3 is 1.23 bits per heavy atom. The van der Waals surface area contributed by atoms with Gasteiger partial charge in [0, 0.05) is 13.8 Å². The summed E-state index contributed by atoms with van der Waals surface area (Å²) in [5.74, 6) is -1.89. The van der Waals surface area contributed by atoms with Crippen LogP contribution >= 0.6 is 0 Å². The number of hydrogen-bond donors (Lipinski definition) is 0. The van der Waals surface area contributed by atoms with Crippen LogP contribution in [0.1, 0.15) is 13.8 Å². The normalized spacial score (nSPS) is 8.46. The van der Waals surface area contributed by atoms with Crippen molar-refractivity contribution in [3.8, 4) is 0 Å². The van der Waals surface area contributed by atoms with E-state index in [4.69, 9.17) is 0 Å². The highest BCUT2D eigenvalue weighted by atomic mass is 16.8. The first-order chi connectivity index (χ1) is 5.91. The van der Waals surface area contributed by atoms with Gasteiger partial charge in [0.15, 0.2) is 0 Å². The van der Waals surface area contributed by atoms with Crippen molar-refractivity contribution in [3.05, 3.63) is 0 Å². The zero-order valence-electron chi connectivity index (χ0n) is 6.86. The molecule has 0 aromatic heterocycles. The summed E-state index contributed by atoms with van der Waals surface area (Å²) in [6.45, 7) is 1.88. The van der Waals surface area contributed by atoms with E-state index in [1.165, 1.54) is 0 Å². The van der Waals surface area contributed by atoms with Crippen LogP contribution in [-0.4, -0.2) is 24.2 Å². The quantitative estimate of drug-likeness (QED) is 0.402. The molecular weight excluding hydrogens is 184 g/mol. The van der Waals surface area contributed by atoms with Gasteiger partial charge in [-0.1, -0.05) is 0 Å². The highest BCUT2D eigenvalue weighted by Crippen LogP contribution is 1.91. The molecule has 0 N–H and O–H groups in total. The molecule has 7 nitrogen and oxygen atoms in total. The number of rotatable bonds is 0. The zero-order chi connectivity index (χ0) is 10.4. The zero-order valence-corrected chi connectivity index (χ0v) is 6.86. The number of carbonyl (C=O) groups excluding carboxylic acids is 4. The van der Waals surface area contributed by atoms with Crippen LogP contribution in [0.3, 0.4) is 0 Å². The highest BCUT2D eigenvalue weighted by Gasteiger charge is 2.16. The molecule has 0 aromatic rings. The molecule has 0 bridgehead atoms. The summed E-state index contributed by atoms with van der Waals surface area (Å²) in [5, 5.41) is 0. The molecule has 0 saturated carbocycles. The van der Waals surface area contributed by atoms with Gasteiger partial charge in [-0.2, -0.15) is 0 Å². The molecule has 7 heteroatoms. The lowest BCUT2D eigenvalue weighted by atomic mass is 10.8. The van der Waals surface area contributed by atoms with Crippen LogP contribution in [0.5, 0.6) is 0 Å². The molecule has 0 radical (unpaired) electrons.